The number of halogens is 1. The number of rotatable bonds is 3. The van der Waals surface area contributed by atoms with E-state index in [1.54, 1.807) is 12.1 Å². The standard InChI is InChI=1S/C19H20FNO3/c1-10(2)18-17(19(23)24)15(11-6-8-12(20)9-7-11)16-13(21-18)4-3-5-14(16)22/h6-10,14,22H,3-5H2,1-2H3,(H,23,24). The van der Waals surface area contributed by atoms with Crippen LogP contribution in [0.15, 0.2) is 24.3 Å². The maximum Gasteiger partial charge on any atom is 0.338 e. The molecule has 5 heteroatoms. The highest BCUT2D eigenvalue weighted by molar-refractivity contribution is 5.98. The van der Waals surface area contributed by atoms with Crippen molar-refractivity contribution in [2.24, 2.45) is 0 Å². The zero-order chi connectivity index (χ0) is 17.4. The van der Waals surface area contributed by atoms with Crippen LogP contribution in [-0.2, 0) is 6.42 Å². The Hall–Kier alpha value is -2.27. The minimum absolute atomic E-state index is 0.0698. The van der Waals surface area contributed by atoms with Gasteiger partial charge in [-0.3, -0.25) is 4.98 Å². The molecule has 0 radical (unpaired) electrons. The molecule has 0 spiro atoms. The third-order valence-corrected chi connectivity index (χ3v) is 4.46. The van der Waals surface area contributed by atoms with Crippen LogP contribution in [0.25, 0.3) is 11.1 Å². The van der Waals surface area contributed by atoms with Gasteiger partial charge in [0.05, 0.1) is 17.4 Å². The number of fused-ring (bicyclic) bond motifs is 1. The van der Waals surface area contributed by atoms with Crippen molar-refractivity contribution in [3.63, 3.8) is 0 Å². The van der Waals surface area contributed by atoms with Crippen LogP contribution < -0.4 is 0 Å². The summed E-state index contributed by atoms with van der Waals surface area (Å²) in [4.78, 5) is 16.6. The Morgan fingerprint density at radius 1 is 1.29 bits per heavy atom. The molecule has 2 aromatic rings. The average molecular weight is 329 g/mol. The van der Waals surface area contributed by atoms with Crippen LogP contribution in [0.2, 0.25) is 0 Å². The topological polar surface area (TPSA) is 70.4 Å². The van der Waals surface area contributed by atoms with Gasteiger partial charge in [-0.15, -0.1) is 0 Å². The number of aromatic carboxylic acids is 1. The van der Waals surface area contributed by atoms with Gasteiger partial charge in [-0.05, 0) is 42.9 Å². The Kier molecular flexibility index (Phi) is 4.37. The van der Waals surface area contributed by atoms with Gasteiger partial charge in [0.1, 0.15) is 5.82 Å². The molecule has 24 heavy (non-hydrogen) atoms. The lowest BCUT2D eigenvalue weighted by molar-refractivity contribution is 0.0695. The second-order valence-electron chi connectivity index (χ2n) is 6.48. The number of hydrogen-bond acceptors (Lipinski definition) is 3. The van der Waals surface area contributed by atoms with Gasteiger partial charge < -0.3 is 10.2 Å². The Morgan fingerprint density at radius 2 is 1.96 bits per heavy atom. The van der Waals surface area contributed by atoms with E-state index in [2.05, 4.69) is 4.98 Å². The van der Waals surface area contributed by atoms with Crippen LogP contribution in [0.5, 0.6) is 0 Å². The van der Waals surface area contributed by atoms with Crippen LogP contribution in [-0.4, -0.2) is 21.2 Å². The SMILES string of the molecule is CC(C)c1nc2c(c(-c3ccc(F)cc3)c1C(=O)O)C(O)CCC2. The van der Waals surface area contributed by atoms with Gasteiger partial charge in [0, 0.05) is 16.8 Å². The Morgan fingerprint density at radius 3 is 2.54 bits per heavy atom. The molecular weight excluding hydrogens is 309 g/mol. The summed E-state index contributed by atoms with van der Waals surface area (Å²) in [5, 5.41) is 20.3. The highest BCUT2D eigenvalue weighted by Gasteiger charge is 2.31. The molecule has 1 atom stereocenters. The zero-order valence-electron chi connectivity index (χ0n) is 13.7. The van der Waals surface area contributed by atoms with Crippen molar-refractivity contribution >= 4 is 5.97 Å². The Labute approximate surface area is 140 Å². The summed E-state index contributed by atoms with van der Waals surface area (Å²) in [6.07, 6.45) is 1.34. The minimum Gasteiger partial charge on any atom is -0.478 e. The van der Waals surface area contributed by atoms with E-state index >= 15 is 0 Å². The van der Waals surface area contributed by atoms with Crippen molar-refractivity contribution in [1.82, 2.24) is 4.98 Å². The van der Waals surface area contributed by atoms with Crippen LogP contribution in [0.3, 0.4) is 0 Å². The molecule has 3 rings (SSSR count). The molecule has 0 amide bonds. The maximum absolute atomic E-state index is 13.3. The number of carbonyl (C=O) groups is 1. The van der Waals surface area contributed by atoms with Gasteiger partial charge >= 0.3 is 5.97 Å². The molecule has 1 heterocycles. The molecule has 1 aliphatic carbocycles. The number of pyridine rings is 1. The first-order valence-corrected chi connectivity index (χ1v) is 8.14. The number of aromatic nitrogens is 1. The highest BCUT2D eigenvalue weighted by Crippen LogP contribution is 2.41. The van der Waals surface area contributed by atoms with Crippen LogP contribution in [0.1, 0.15) is 66.0 Å². The van der Waals surface area contributed by atoms with E-state index in [9.17, 15) is 19.4 Å². The van der Waals surface area contributed by atoms with Crippen LogP contribution in [0.4, 0.5) is 4.39 Å². The number of carboxylic acids is 1. The summed E-state index contributed by atoms with van der Waals surface area (Å²) in [5.41, 5.74) is 3.01. The first-order valence-electron chi connectivity index (χ1n) is 8.14. The molecule has 1 aromatic carbocycles. The van der Waals surface area contributed by atoms with Gasteiger partial charge in [0.15, 0.2) is 0 Å². The van der Waals surface area contributed by atoms with Crippen LogP contribution >= 0.6 is 0 Å². The lowest BCUT2D eigenvalue weighted by Gasteiger charge is -2.27. The van der Waals surface area contributed by atoms with Crippen molar-refractivity contribution in [3.8, 4) is 11.1 Å². The summed E-state index contributed by atoms with van der Waals surface area (Å²) < 4.78 is 13.3. The monoisotopic (exact) mass is 329 g/mol. The summed E-state index contributed by atoms with van der Waals surface area (Å²) >= 11 is 0. The fraction of sp³-hybridized carbons (Fsp3) is 0.368. The summed E-state index contributed by atoms with van der Waals surface area (Å²) in [7, 11) is 0. The van der Waals surface area contributed by atoms with E-state index in [4.69, 9.17) is 0 Å². The van der Waals surface area contributed by atoms with Gasteiger partial charge in [-0.1, -0.05) is 26.0 Å². The van der Waals surface area contributed by atoms with E-state index in [1.165, 1.54) is 12.1 Å². The minimum atomic E-state index is -1.08. The fourth-order valence-corrected chi connectivity index (χ4v) is 3.38. The molecule has 0 fully saturated rings. The third kappa shape index (κ3) is 2.80. The van der Waals surface area contributed by atoms with E-state index in [0.717, 1.165) is 12.1 Å². The van der Waals surface area contributed by atoms with Crippen LogP contribution in [0, 0.1) is 5.82 Å². The van der Waals surface area contributed by atoms with Crippen molar-refractivity contribution in [3.05, 3.63) is 52.6 Å². The molecule has 0 saturated heterocycles. The highest BCUT2D eigenvalue weighted by atomic mass is 19.1. The van der Waals surface area contributed by atoms with Crippen molar-refractivity contribution in [2.75, 3.05) is 0 Å². The average Bonchev–Trinajstić information content (AvgIpc) is 2.54. The summed E-state index contributed by atoms with van der Waals surface area (Å²) in [6.45, 7) is 3.80. The number of aliphatic hydroxyl groups is 1. The van der Waals surface area contributed by atoms with Crippen molar-refractivity contribution < 1.29 is 19.4 Å². The number of aliphatic hydroxyl groups excluding tert-OH is 1. The van der Waals surface area contributed by atoms with Crippen molar-refractivity contribution in [2.45, 2.75) is 45.1 Å². The molecule has 2 N–H and O–H groups in total. The van der Waals surface area contributed by atoms with E-state index in [1.807, 2.05) is 13.8 Å². The first-order chi connectivity index (χ1) is 11.4. The zero-order valence-corrected chi connectivity index (χ0v) is 13.7. The fourth-order valence-electron chi connectivity index (χ4n) is 3.38. The third-order valence-electron chi connectivity index (χ3n) is 4.46. The molecule has 1 aromatic heterocycles. The van der Waals surface area contributed by atoms with E-state index in [0.29, 0.717) is 35.2 Å². The first kappa shape index (κ1) is 16.6. The van der Waals surface area contributed by atoms with Crippen molar-refractivity contribution in [1.29, 1.82) is 0 Å². The molecule has 1 aliphatic rings. The van der Waals surface area contributed by atoms with Gasteiger partial charge in [-0.25, -0.2) is 9.18 Å². The maximum atomic E-state index is 13.3. The molecule has 126 valence electrons. The molecule has 0 aliphatic heterocycles. The summed E-state index contributed by atoms with van der Waals surface area (Å²) in [6, 6.07) is 5.72. The number of aryl methyl sites for hydroxylation is 1. The number of carboxylic acid groups (broad SMARTS) is 1. The molecule has 0 saturated carbocycles. The number of benzene rings is 1. The van der Waals surface area contributed by atoms with E-state index in [-0.39, 0.29) is 17.3 Å². The molecule has 4 nitrogen and oxygen atoms in total. The van der Waals surface area contributed by atoms with Gasteiger partial charge in [-0.2, -0.15) is 0 Å². The molecular formula is C19H20FNO3. The quantitative estimate of drug-likeness (QED) is 0.890. The lowest BCUT2D eigenvalue weighted by Crippen LogP contribution is -2.19. The summed E-state index contributed by atoms with van der Waals surface area (Å²) in [5.74, 6) is -1.53. The predicted octanol–water partition coefficient (Wildman–Crippen LogP) is 4.08. The second-order valence-corrected chi connectivity index (χ2v) is 6.48. The molecule has 1 unspecified atom stereocenters. The Bertz CT molecular complexity index is 784. The normalized spacial score (nSPS) is 17.0. The largest absolute Gasteiger partial charge is 0.478 e. The predicted molar refractivity (Wildman–Crippen MR) is 88.6 cm³/mol. The Balaban J connectivity index is 2.40. The number of nitrogens with zero attached hydrogens (tertiary/aromatic N) is 1. The molecule has 0 bridgehead atoms. The lowest BCUT2D eigenvalue weighted by atomic mass is 9.82. The van der Waals surface area contributed by atoms with E-state index < -0.39 is 12.1 Å². The van der Waals surface area contributed by atoms with Gasteiger partial charge in [0.25, 0.3) is 0 Å². The second kappa shape index (κ2) is 6.32. The number of hydrogen-bond donors (Lipinski definition) is 2. The van der Waals surface area contributed by atoms with Gasteiger partial charge in [0.2, 0.25) is 0 Å². The smallest absolute Gasteiger partial charge is 0.338 e.